The van der Waals surface area contributed by atoms with Crippen LogP contribution < -0.4 is 5.32 Å². The standard InChI is InChI=1S/C5H4N4/c1-2-7-5-4(6-1)8-3-9-5/h1-3H,(H,6,7,8,9)/p+1. The first-order valence-electron chi connectivity index (χ1n) is 2.65. The summed E-state index contributed by atoms with van der Waals surface area (Å²) in [7, 11) is 0. The van der Waals surface area contributed by atoms with Crippen molar-refractivity contribution in [2.24, 2.45) is 4.99 Å². The van der Waals surface area contributed by atoms with Gasteiger partial charge in [0, 0.05) is 6.20 Å². The van der Waals surface area contributed by atoms with Crippen LogP contribution in [0.3, 0.4) is 0 Å². The highest BCUT2D eigenvalue weighted by Gasteiger charge is 2.10. The van der Waals surface area contributed by atoms with Crippen LogP contribution in [0.4, 0.5) is 11.6 Å². The summed E-state index contributed by atoms with van der Waals surface area (Å²) in [4.78, 5) is 11.9. The van der Waals surface area contributed by atoms with Gasteiger partial charge in [0.2, 0.25) is 5.82 Å². The minimum atomic E-state index is 0.720. The molecule has 9 heavy (non-hydrogen) atoms. The molecule has 0 spiro atoms. The van der Waals surface area contributed by atoms with Crippen LogP contribution in [0.1, 0.15) is 0 Å². The molecule has 0 unspecified atom stereocenters. The molecule has 0 aliphatic carbocycles. The fraction of sp³-hybridized carbons (Fsp3) is 0. The van der Waals surface area contributed by atoms with Crippen LogP contribution in [-0.2, 0) is 0 Å². The topological polar surface area (TPSA) is 54.8 Å². The van der Waals surface area contributed by atoms with Crippen LogP contribution >= 0.6 is 0 Å². The maximum atomic E-state index is 4.02. The van der Waals surface area contributed by atoms with Crippen LogP contribution in [0.15, 0.2) is 17.4 Å². The van der Waals surface area contributed by atoms with Crippen molar-refractivity contribution in [3.8, 4) is 0 Å². The third kappa shape index (κ3) is 0.603. The normalized spacial score (nSPS) is 13.8. The number of aliphatic imine (C=N–C) groups is 1. The molecule has 2 rings (SSSR count). The van der Waals surface area contributed by atoms with Gasteiger partial charge < -0.3 is 0 Å². The number of quaternary nitrogens is 1. The van der Waals surface area contributed by atoms with Gasteiger partial charge in [0.05, 0.1) is 6.20 Å². The Morgan fingerprint density at radius 2 is 2.11 bits per heavy atom. The second-order valence-electron chi connectivity index (χ2n) is 1.71. The fourth-order valence-electron chi connectivity index (χ4n) is 0.737. The van der Waals surface area contributed by atoms with E-state index in [4.69, 9.17) is 0 Å². The van der Waals surface area contributed by atoms with Gasteiger partial charge in [-0.25, -0.2) is 4.98 Å². The molecule has 2 heterocycles. The molecule has 0 saturated carbocycles. The minimum Gasteiger partial charge on any atom is -0.252 e. The Kier molecular flexibility index (Phi) is 0.811. The van der Waals surface area contributed by atoms with Gasteiger partial charge in [-0.05, 0) is 0 Å². The summed E-state index contributed by atoms with van der Waals surface area (Å²) in [5.74, 6) is 1.58. The monoisotopic (exact) mass is 121 g/mol. The summed E-state index contributed by atoms with van der Waals surface area (Å²) in [6, 6.07) is 0. The van der Waals surface area contributed by atoms with Crippen LogP contribution in [0.2, 0.25) is 0 Å². The molecular weight excluding hydrogens is 116 g/mol. The number of nitrogens with zero attached hydrogens (tertiary/aromatic N) is 3. The van der Waals surface area contributed by atoms with E-state index in [1.165, 1.54) is 0 Å². The summed E-state index contributed by atoms with van der Waals surface area (Å²) in [6.45, 7) is 0. The predicted octanol–water partition coefficient (Wildman–Crippen LogP) is -0.655. The first-order valence-corrected chi connectivity index (χ1v) is 2.65. The fourth-order valence-corrected chi connectivity index (χ4v) is 0.737. The Morgan fingerprint density at radius 3 is 3.00 bits per heavy atom. The molecule has 0 fully saturated rings. The first kappa shape index (κ1) is 4.58. The lowest BCUT2D eigenvalue weighted by atomic mass is 10.6. The van der Waals surface area contributed by atoms with Crippen LogP contribution in [0.5, 0.6) is 0 Å². The number of nitrogens with two attached hydrogens (primary N) is 1. The van der Waals surface area contributed by atoms with Crippen LogP contribution in [0, 0.1) is 0 Å². The molecule has 1 aromatic rings. The highest BCUT2D eigenvalue weighted by molar-refractivity contribution is 5.63. The van der Waals surface area contributed by atoms with Crippen molar-refractivity contribution in [3.05, 3.63) is 12.4 Å². The van der Waals surface area contributed by atoms with E-state index in [0.717, 1.165) is 11.6 Å². The highest BCUT2D eigenvalue weighted by atomic mass is 15.1. The molecule has 0 saturated heterocycles. The summed E-state index contributed by atoms with van der Waals surface area (Å²) >= 11 is 0. The molecule has 2 N–H and O–H groups in total. The average Bonchev–Trinajstić information content (AvgIpc) is 2.33. The number of fused-ring (bicyclic) bond motifs is 1. The largest absolute Gasteiger partial charge is 0.276 e. The number of hydrogen-bond donors (Lipinski definition) is 1. The van der Waals surface area contributed by atoms with Crippen molar-refractivity contribution in [2.45, 2.75) is 0 Å². The third-order valence-corrected chi connectivity index (χ3v) is 1.14. The second kappa shape index (κ2) is 1.60. The van der Waals surface area contributed by atoms with Gasteiger partial charge in [-0.2, -0.15) is 9.98 Å². The zero-order valence-electron chi connectivity index (χ0n) is 4.65. The first-order chi connectivity index (χ1) is 4.47. The van der Waals surface area contributed by atoms with E-state index < -0.39 is 0 Å². The lowest BCUT2D eigenvalue weighted by Crippen LogP contribution is -2.74. The van der Waals surface area contributed by atoms with E-state index in [-0.39, 0.29) is 0 Å². The van der Waals surface area contributed by atoms with Gasteiger partial charge in [0.15, 0.2) is 6.34 Å². The van der Waals surface area contributed by atoms with Gasteiger partial charge in [0.25, 0.3) is 5.82 Å². The second-order valence-corrected chi connectivity index (χ2v) is 1.71. The molecule has 1 aromatic heterocycles. The molecule has 0 atom stereocenters. The zero-order valence-corrected chi connectivity index (χ0v) is 4.65. The van der Waals surface area contributed by atoms with Gasteiger partial charge in [0.1, 0.15) is 0 Å². The van der Waals surface area contributed by atoms with E-state index in [9.17, 15) is 0 Å². The van der Waals surface area contributed by atoms with Crippen molar-refractivity contribution < 1.29 is 5.32 Å². The quantitative estimate of drug-likeness (QED) is 0.495. The molecule has 0 amide bonds. The Bertz CT molecular complexity index is 255. The summed E-state index contributed by atoms with van der Waals surface area (Å²) in [6.07, 6.45) is 4.99. The van der Waals surface area contributed by atoms with Gasteiger partial charge in [-0.3, -0.25) is 5.32 Å². The molecule has 4 heteroatoms. The maximum absolute atomic E-state index is 4.02. The molecule has 0 radical (unpaired) electrons. The van der Waals surface area contributed by atoms with E-state index >= 15 is 0 Å². The molecule has 44 valence electrons. The third-order valence-electron chi connectivity index (χ3n) is 1.14. The number of rotatable bonds is 0. The van der Waals surface area contributed by atoms with E-state index in [1.54, 1.807) is 18.7 Å². The Morgan fingerprint density at radius 1 is 1.22 bits per heavy atom. The van der Waals surface area contributed by atoms with Crippen molar-refractivity contribution in [1.29, 1.82) is 0 Å². The molecule has 0 aromatic carbocycles. The summed E-state index contributed by atoms with van der Waals surface area (Å²) in [5, 5.41) is 1.84. The number of hydrogen-bond acceptors (Lipinski definition) is 3. The molecular formula is C5H5N4+. The molecule has 1 aliphatic heterocycles. The van der Waals surface area contributed by atoms with Crippen molar-refractivity contribution in [3.63, 3.8) is 0 Å². The van der Waals surface area contributed by atoms with Gasteiger partial charge in [-0.15, -0.1) is 0 Å². The predicted molar refractivity (Wildman–Crippen MR) is 31.8 cm³/mol. The lowest BCUT2D eigenvalue weighted by molar-refractivity contribution is -0.432. The van der Waals surface area contributed by atoms with E-state index in [2.05, 4.69) is 15.0 Å². The van der Waals surface area contributed by atoms with E-state index in [1.807, 2.05) is 5.32 Å². The SMILES string of the molecule is C1=Nc2nccnc2[NH2+]1. The zero-order chi connectivity index (χ0) is 6.10. The number of aromatic nitrogens is 2. The van der Waals surface area contributed by atoms with Gasteiger partial charge in [-0.1, -0.05) is 0 Å². The molecule has 4 nitrogen and oxygen atoms in total. The lowest BCUT2D eigenvalue weighted by Gasteiger charge is -1.85. The average molecular weight is 121 g/mol. The van der Waals surface area contributed by atoms with Crippen LogP contribution in [0.25, 0.3) is 0 Å². The van der Waals surface area contributed by atoms with Crippen molar-refractivity contribution in [2.75, 3.05) is 0 Å². The highest BCUT2D eigenvalue weighted by Crippen LogP contribution is 2.13. The van der Waals surface area contributed by atoms with Crippen LogP contribution in [-0.4, -0.2) is 16.3 Å². The van der Waals surface area contributed by atoms with Crippen molar-refractivity contribution in [1.82, 2.24) is 9.97 Å². The molecule has 1 aliphatic rings. The van der Waals surface area contributed by atoms with Gasteiger partial charge >= 0.3 is 0 Å². The Balaban J connectivity index is 2.63. The maximum Gasteiger partial charge on any atom is 0.276 e. The Labute approximate surface area is 51.7 Å². The smallest absolute Gasteiger partial charge is 0.252 e. The summed E-state index contributed by atoms with van der Waals surface area (Å²) < 4.78 is 0. The minimum absolute atomic E-state index is 0.720. The van der Waals surface area contributed by atoms with E-state index in [0.29, 0.717) is 0 Å². The molecule has 0 bridgehead atoms. The Hall–Kier alpha value is -1.29. The summed E-state index contributed by atoms with van der Waals surface area (Å²) in [5.41, 5.74) is 0. The van der Waals surface area contributed by atoms with Crippen molar-refractivity contribution >= 4 is 18.0 Å².